The number of nitrogens with one attached hydrogen (secondary N) is 1. The number of benzene rings is 2. The highest BCUT2D eigenvalue weighted by molar-refractivity contribution is 6.19. The van der Waals surface area contributed by atoms with Crippen LogP contribution in [0.25, 0.3) is 38.1 Å². The van der Waals surface area contributed by atoms with Crippen molar-refractivity contribution in [3.05, 3.63) is 77.2 Å². The zero-order chi connectivity index (χ0) is 25.2. The van der Waals surface area contributed by atoms with Crippen LogP contribution in [-0.4, -0.2) is 41.2 Å². The van der Waals surface area contributed by atoms with E-state index in [9.17, 15) is 9.59 Å². The van der Waals surface area contributed by atoms with Gasteiger partial charge in [0.1, 0.15) is 5.75 Å². The molecule has 5 rings (SSSR count). The molecule has 3 heterocycles. The first-order chi connectivity index (χ1) is 17.5. The van der Waals surface area contributed by atoms with Gasteiger partial charge in [0.15, 0.2) is 6.61 Å². The Balaban J connectivity index is 1.53. The van der Waals surface area contributed by atoms with E-state index in [1.807, 2.05) is 56.3 Å². The van der Waals surface area contributed by atoms with Crippen molar-refractivity contribution >= 4 is 44.0 Å². The summed E-state index contributed by atoms with van der Waals surface area (Å²) in [7, 11) is 0. The van der Waals surface area contributed by atoms with Crippen molar-refractivity contribution in [2.45, 2.75) is 32.8 Å². The van der Waals surface area contributed by atoms with Gasteiger partial charge in [-0.1, -0.05) is 24.3 Å². The van der Waals surface area contributed by atoms with Crippen molar-refractivity contribution in [2.24, 2.45) is 0 Å². The first kappa shape index (κ1) is 23.8. The Labute approximate surface area is 208 Å². The molecule has 184 valence electrons. The van der Waals surface area contributed by atoms with Gasteiger partial charge < -0.3 is 14.8 Å². The molecular weight excluding hydrogens is 454 g/mol. The lowest BCUT2D eigenvalue weighted by atomic mass is 10.0. The van der Waals surface area contributed by atoms with Crippen LogP contribution in [0.4, 0.5) is 0 Å². The van der Waals surface area contributed by atoms with Gasteiger partial charge in [0.05, 0.1) is 22.7 Å². The molecule has 0 atom stereocenters. The Morgan fingerprint density at radius 3 is 2.72 bits per heavy atom. The van der Waals surface area contributed by atoms with Crippen LogP contribution in [0.2, 0.25) is 0 Å². The molecule has 2 aromatic carbocycles. The van der Waals surface area contributed by atoms with Gasteiger partial charge in [-0.2, -0.15) is 0 Å². The molecule has 7 nitrogen and oxygen atoms in total. The maximum absolute atomic E-state index is 13.5. The summed E-state index contributed by atoms with van der Waals surface area (Å²) in [6.07, 6.45) is 5.02. The highest BCUT2D eigenvalue weighted by Gasteiger charge is 2.21. The van der Waals surface area contributed by atoms with Crippen LogP contribution in [0.15, 0.2) is 66.1 Å². The molecule has 36 heavy (non-hydrogen) atoms. The third kappa shape index (κ3) is 4.16. The van der Waals surface area contributed by atoms with Gasteiger partial charge >= 0.3 is 0 Å². The quantitative estimate of drug-likeness (QED) is 0.178. The second kappa shape index (κ2) is 9.95. The van der Waals surface area contributed by atoms with Gasteiger partial charge in [0, 0.05) is 46.5 Å². The summed E-state index contributed by atoms with van der Waals surface area (Å²) in [6, 6.07) is 13.2. The number of ether oxygens (including phenoxy) is 2. The zero-order valence-electron chi connectivity index (χ0n) is 20.5. The van der Waals surface area contributed by atoms with Gasteiger partial charge in [0.25, 0.3) is 11.5 Å². The molecule has 3 aromatic heterocycles. The molecule has 0 aliphatic heterocycles. The highest BCUT2D eigenvalue weighted by atomic mass is 16.5. The standard InChI is InChI=1S/C29H29N3O4/c1-4-8-21-24(36-17-25(33)30-14-7-16-35-18(2)3)12-11-23-26(21)22-13-15-31-27-19-9-5-6-10-20(19)29(34)32(23)28(22)27/h4-6,9-13,15,18H,1,7-8,14,16-17H2,2-3H3,(H,30,33). The summed E-state index contributed by atoms with van der Waals surface area (Å²) >= 11 is 0. The van der Waals surface area contributed by atoms with Gasteiger partial charge in [-0.15, -0.1) is 6.58 Å². The van der Waals surface area contributed by atoms with E-state index in [2.05, 4.69) is 16.9 Å². The van der Waals surface area contributed by atoms with Gasteiger partial charge in [0.2, 0.25) is 0 Å². The number of carbonyl (C=O) groups is 1. The van der Waals surface area contributed by atoms with Crippen molar-refractivity contribution in [3.8, 4) is 5.75 Å². The van der Waals surface area contributed by atoms with E-state index >= 15 is 0 Å². The lowest BCUT2D eigenvalue weighted by Crippen LogP contribution is -2.30. The van der Waals surface area contributed by atoms with E-state index in [4.69, 9.17) is 9.47 Å². The van der Waals surface area contributed by atoms with E-state index in [0.717, 1.165) is 44.7 Å². The largest absolute Gasteiger partial charge is 0.483 e. The Morgan fingerprint density at radius 2 is 1.94 bits per heavy atom. The predicted octanol–water partition coefficient (Wildman–Crippen LogP) is 4.63. The van der Waals surface area contributed by atoms with E-state index in [1.54, 1.807) is 16.7 Å². The van der Waals surface area contributed by atoms with E-state index in [1.165, 1.54) is 0 Å². The number of nitrogens with zero attached hydrogens (tertiary/aromatic N) is 2. The Kier molecular flexibility index (Phi) is 6.57. The number of fused-ring (bicyclic) bond motifs is 5. The van der Waals surface area contributed by atoms with Crippen LogP contribution >= 0.6 is 0 Å². The number of hydrogen-bond acceptors (Lipinski definition) is 5. The smallest absolute Gasteiger partial charge is 0.263 e. The molecule has 0 saturated carbocycles. The van der Waals surface area contributed by atoms with Crippen molar-refractivity contribution in [1.29, 1.82) is 0 Å². The number of rotatable bonds is 10. The zero-order valence-corrected chi connectivity index (χ0v) is 20.5. The molecule has 1 amide bonds. The Hall–Kier alpha value is -3.97. The van der Waals surface area contributed by atoms with Crippen LogP contribution < -0.4 is 15.6 Å². The first-order valence-corrected chi connectivity index (χ1v) is 12.2. The topological polar surface area (TPSA) is 81.9 Å². The minimum absolute atomic E-state index is 0.0786. The van der Waals surface area contributed by atoms with Crippen LogP contribution in [0.3, 0.4) is 0 Å². The van der Waals surface area contributed by atoms with E-state index < -0.39 is 0 Å². The minimum Gasteiger partial charge on any atom is -0.483 e. The second-order valence-electron chi connectivity index (χ2n) is 9.08. The molecule has 0 fully saturated rings. The maximum atomic E-state index is 13.5. The van der Waals surface area contributed by atoms with Gasteiger partial charge in [-0.3, -0.25) is 19.0 Å². The number of hydrogen-bond donors (Lipinski definition) is 1. The molecular formula is C29H29N3O4. The normalized spacial score (nSPS) is 11.8. The summed E-state index contributed by atoms with van der Waals surface area (Å²) in [4.78, 5) is 30.6. The minimum atomic E-state index is -0.193. The Morgan fingerprint density at radius 1 is 1.14 bits per heavy atom. The summed E-state index contributed by atoms with van der Waals surface area (Å²) in [6.45, 7) is 8.92. The molecule has 0 spiro atoms. The number of pyridine rings is 2. The first-order valence-electron chi connectivity index (χ1n) is 12.2. The average molecular weight is 484 g/mol. The van der Waals surface area contributed by atoms with Crippen molar-refractivity contribution < 1.29 is 14.3 Å². The SMILES string of the molecule is C=CCc1c(OCC(=O)NCCCOC(C)C)ccc2c1c1ccnc3c4ccccc4c(=O)n2c13. The maximum Gasteiger partial charge on any atom is 0.263 e. The van der Waals surface area contributed by atoms with Crippen LogP contribution in [0.1, 0.15) is 25.8 Å². The van der Waals surface area contributed by atoms with Gasteiger partial charge in [-0.25, -0.2) is 0 Å². The molecule has 0 saturated heterocycles. The second-order valence-corrected chi connectivity index (χ2v) is 9.08. The lowest BCUT2D eigenvalue weighted by Gasteiger charge is -2.13. The highest BCUT2D eigenvalue weighted by Crippen LogP contribution is 2.38. The number of carbonyl (C=O) groups excluding carboxylic acids is 1. The third-order valence-electron chi connectivity index (χ3n) is 6.32. The monoisotopic (exact) mass is 483 g/mol. The fourth-order valence-electron chi connectivity index (χ4n) is 4.81. The fraction of sp³-hybridized carbons (Fsp3) is 0.276. The molecule has 0 aliphatic carbocycles. The van der Waals surface area contributed by atoms with Gasteiger partial charge in [-0.05, 0) is 51.0 Å². The average Bonchev–Trinajstić information content (AvgIpc) is 3.22. The van der Waals surface area contributed by atoms with Crippen molar-refractivity contribution in [2.75, 3.05) is 19.8 Å². The number of allylic oxidation sites excluding steroid dienone is 1. The van der Waals surface area contributed by atoms with Crippen molar-refractivity contribution in [3.63, 3.8) is 0 Å². The molecule has 7 heteroatoms. The molecule has 0 aliphatic rings. The third-order valence-corrected chi connectivity index (χ3v) is 6.32. The van der Waals surface area contributed by atoms with E-state index in [0.29, 0.717) is 30.7 Å². The number of amides is 1. The van der Waals surface area contributed by atoms with Crippen molar-refractivity contribution in [1.82, 2.24) is 14.7 Å². The van der Waals surface area contributed by atoms with Crippen LogP contribution in [0.5, 0.6) is 5.75 Å². The van der Waals surface area contributed by atoms with Crippen LogP contribution in [-0.2, 0) is 16.0 Å². The van der Waals surface area contributed by atoms with Crippen LogP contribution in [0, 0.1) is 0 Å². The number of aromatic nitrogens is 2. The summed E-state index contributed by atoms with van der Waals surface area (Å²) in [5.74, 6) is 0.406. The molecule has 1 N–H and O–H groups in total. The Bertz CT molecular complexity index is 1640. The molecule has 0 radical (unpaired) electrons. The molecule has 5 aromatic rings. The predicted molar refractivity (Wildman–Crippen MR) is 143 cm³/mol. The fourth-order valence-corrected chi connectivity index (χ4v) is 4.81. The lowest BCUT2D eigenvalue weighted by molar-refractivity contribution is -0.123. The van der Waals surface area contributed by atoms with E-state index in [-0.39, 0.29) is 24.2 Å². The molecule has 0 bridgehead atoms. The summed E-state index contributed by atoms with van der Waals surface area (Å²) < 4.78 is 13.2. The summed E-state index contributed by atoms with van der Waals surface area (Å²) in [5.41, 5.74) is 3.18. The summed E-state index contributed by atoms with van der Waals surface area (Å²) in [5, 5.41) is 6.17. The molecule has 0 unspecified atom stereocenters.